The molecule has 3 aromatic carbocycles. The Kier molecular flexibility index (Phi) is 11.2. The van der Waals surface area contributed by atoms with Crippen LogP contribution in [0.4, 0.5) is 5.69 Å². The Balaban J connectivity index is 1.59. The van der Waals surface area contributed by atoms with Crippen molar-refractivity contribution in [2.24, 2.45) is 0 Å². The lowest BCUT2D eigenvalue weighted by molar-refractivity contribution is -0.141. The minimum atomic E-state index is -3.69. The molecule has 230 valence electrons. The Bertz CT molecular complexity index is 1520. The van der Waals surface area contributed by atoms with Crippen LogP contribution in [0.1, 0.15) is 30.9 Å². The zero-order chi connectivity index (χ0) is 31.0. The van der Waals surface area contributed by atoms with Gasteiger partial charge in [-0.15, -0.1) is 0 Å². The van der Waals surface area contributed by atoms with Gasteiger partial charge in [0.05, 0.1) is 11.9 Å². The van der Waals surface area contributed by atoms with Crippen molar-refractivity contribution < 1.29 is 27.5 Å². The van der Waals surface area contributed by atoms with E-state index in [0.29, 0.717) is 52.6 Å². The average Bonchev–Trinajstić information content (AvgIpc) is 2.98. The van der Waals surface area contributed by atoms with Gasteiger partial charge in [-0.25, -0.2) is 8.42 Å². The predicted molar refractivity (Wildman–Crippen MR) is 168 cm³/mol. The lowest BCUT2D eigenvalue weighted by atomic mass is 10.0. The number of carbonyl (C=O) groups excluding carboxylic acids is 2. The minimum Gasteiger partial charge on any atom is -0.486 e. The van der Waals surface area contributed by atoms with Crippen LogP contribution in [0.5, 0.6) is 11.5 Å². The molecule has 0 bridgehead atoms. The molecule has 0 fully saturated rings. The summed E-state index contributed by atoms with van der Waals surface area (Å²) in [5.74, 6) is 0.361. The zero-order valence-electron chi connectivity index (χ0n) is 24.1. The smallest absolute Gasteiger partial charge is 0.243 e. The van der Waals surface area contributed by atoms with Crippen LogP contribution >= 0.6 is 23.2 Å². The molecular formula is C31H35Cl2N3O6S. The summed E-state index contributed by atoms with van der Waals surface area (Å²) in [6.07, 6.45) is 1.55. The van der Waals surface area contributed by atoms with Gasteiger partial charge in [0.1, 0.15) is 19.3 Å². The molecule has 0 aromatic heterocycles. The van der Waals surface area contributed by atoms with E-state index in [1.54, 1.807) is 36.4 Å². The van der Waals surface area contributed by atoms with Gasteiger partial charge < -0.3 is 19.7 Å². The van der Waals surface area contributed by atoms with Gasteiger partial charge in [-0.05, 0) is 43.2 Å². The van der Waals surface area contributed by atoms with Crippen LogP contribution < -0.4 is 19.1 Å². The van der Waals surface area contributed by atoms with Crippen LogP contribution in [0, 0.1) is 0 Å². The highest BCUT2D eigenvalue weighted by molar-refractivity contribution is 7.92. The Morgan fingerprint density at radius 1 is 0.953 bits per heavy atom. The second-order valence-corrected chi connectivity index (χ2v) is 12.8. The molecule has 9 nitrogen and oxygen atoms in total. The summed E-state index contributed by atoms with van der Waals surface area (Å²) < 4.78 is 38.0. The molecule has 43 heavy (non-hydrogen) atoms. The normalized spacial score (nSPS) is 13.2. The van der Waals surface area contributed by atoms with E-state index in [1.165, 1.54) is 9.21 Å². The SMILES string of the molecule is CCNC(=O)[C@@H](Cc1ccccc1)N(Cc1c(Cl)cccc1Cl)C(=O)CCCN(c1ccc2c(c1)OCCO2)S(C)(=O)=O. The van der Waals surface area contributed by atoms with Crippen molar-refractivity contribution in [2.75, 3.05) is 36.9 Å². The summed E-state index contributed by atoms with van der Waals surface area (Å²) >= 11 is 13.0. The molecule has 1 heterocycles. The van der Waals surface area contributed by atoms with Gasteiger partial charge in [0, 0.05) is 54.2 Å². The zero-order valence-corrected chi connectivity index (χ0v) is 26.4. The molecule has 1 N–H and O–H groups in total. The average molecular weight is 649 g/mol. The van der Waals surface area contributed by atoms with E-state index in [0.717, 1.165) is 11.8 Å². The van der Waals surface area contributed by atoms with Crippen molar-refractivity contribution in [3.8, 4) is 11.5 Å². The number of ether oxygens (including phenoxy) is 2. The van der Waals surface area contributed by atoms with Gasteiger partial charge in [-0.1, -0.05) is 59.6 Å². The number of fused-ring (bicyclic) bond motifs is 1. The molecule has 0 saturated heterocycles. The Morgan fingerprint density at radius 2 is 1.63 bits per heavy atom. The van der Waals surface area contributed by atoms with Crippen molar-refractivity contribution in [1.82, 2.24) is 10.2 Å². The van der Waals surface area contributed by atoms with Gasteiger partial charge in [0.15, 0.2) is 11.5 Å². The molecule has 0 saturated carbocycles. The Morgan fingerprint density at radius 3 is 2.28 bits per heavy atom. The van der Waals surface area contributed by atoms with Crippen LogP contribution in [0.15, 0.2) is 66.7 Å². The van der Waals surface area contributed by atoms with Crippen LogP contribution in [0.3, 0.4) is 0 Å². The quantitative estimate of drug-likeness (QED) is 0.277. The summed E-state index contributed by atoms with van der Waals surface area (Å²) in [4.78, 5) is 28.8. The van der Waals surface area contributed by atoms with Gasteiger partial charge in [-0.2, -0.15) is 0 Å². The molecule has 2 amide bonds. The summed E-state index contributed by atoms with van der Waals surface area (Å²) in [5.41, 5.74) is 1.81. The number of rotatable bonds is 13. The third-order valence-electron chi connectivity index (χ3n) is 6.98. The Labute approximate surface area is 262 Å². The maximum absolute atomic E-state index is 13.9. The van der Waals surface area contributed by atoms with Gasteiger partial charge in [-0.3, -0.25) is 13.9 Å². The van der Waals surface area contributed by atoms with Crippen LogP contribution in [0.25, 0.3) is 0 Å². The number of nitrogens with zero attached hydrogens (tertiary/aromatic N) is 2. The van der Waals surface area contributed by atoms with Crippen LogP contribution in [-0.4, -0.2) is 63.7 Å². The van der Waals surface area contributed by atoms with Crippen molar-refractivity contribution in [3.05, 3.63) is 87.9 Å². The van der Waals surface area contributed by atoms with Crippen LogP contribution in [0.2, 0.25) is 10.0 Å². The van der Waals surface area contributed by atoms with E-state index in [1.807, 2.05) is 37.3 Å². The molecule has 0 spiro atoms. The fraction of sp³-hybridized carbons (Fsp3) is 0.355. The maximum Gasteiger partial charge on any atom is 0.243 e. The van der Waals surface area contributed by atoms with Gasteiger partial charge >= 0.3 is 0 Å². The van der Waals surface area contributed by atoms with E-state index >= 15 is 0 Å². The summed E-state index contributed by atoms with van der Waals surface area (Å²) in [6.45, 7) is 3.02. The number of nitrogens with one attached hydrogen (secondary N) is 1. The molecule has 0 aliphatic carbocycles. The first-order valence-corrected chi connectivity index (χ1v) is 16.6. The number of benzene rings is 3. The topological polar surface area (TPSA) is 105 Å². The first-order valence-electron chi connectivity index (χ1n) is 14.0. The third-order valence-corrected chi connectivity index (χ3v) is 8.88. The molecule has 3 aromatic rings. The molecule has 1 aliphatic rings. The van der Waals surface area contributed by atoms with E-state index in [4.69, 9.17) is 32.7 Å². The number of anilines is 1. The second kappa shape index (κ2) is 14.8. The summed E-state index contributed by atoms with van der Waals surface area (Å²) in [5, 5.41) is 3.60. The largest absolute Gasteiger partial charge is 0.486 e. The molecular weight excluding hydrogens is 613 g/mol. The van der Waals surface area contributed by atoms with Crippen molar-refractivity contribution >= 4 is 50.7 Å². The number of halogens is 2. The van der Waals surface area contributed by atoms with Crippen molar-refractivity contribution in [1.29, 1.82) is 0 Å². The number of likely N-dealkylation sites (N-methyl/N-ethyl adjacent to an activating group) is 1. The maximum atomic E-state index is 13.9. The first kappa shape index (κ1) is 32.4. The molecule has 0 radical (unpaired) electrons. The lowest BCUT2D eigenvalue weighted by Gasteiger charge is -2.32. The second-order valence-electron chi connectivity index (χ2n) is 10.1. The number of amides is 2. The van der Waals surface area contributed by atoms with Crippen LogP contribution in [-0.2, 0) is 32.6 Å². The van der Waals surface area contributed by atoms with Crippen molar-refractivity contribution in [2.45, 2.75) is 38.8 Å². The number of hydrogen-bond acceptors (Lipinski definition) is 6. The van der Waals surface area contributed by atoms with Gasteiger partial charge in [0.25, 0.3) is 0 Å². The highest BCUT2D eigenvalue weighted by Gasteiger charge is 2.31. The van der Waals surface area contributed by atoms with E-state index < -0.39 is 16.1 Å². The van der Waals surface area contributed by atoms with E-state index in [2.05, 4.69) is 5.32 Å². The standard InChI is InChI=1S/C31H35Cl2N3O6S/c1-3-34-31(38)27(19-22-9-5-4-6-10-22)35(21-24-25(32)11-7-12-26(24)33)30(37)13-8-16-36(43(2,39)40)23-14-15-28-29(20-23)42-18-17-41-28/h4-7,9-12,14-15,20,27H,3,8,13,16-19,21H2,1-2H3,(H,34,38)/t27-/m1/s1. The Hall–Kier alpha value is -3.47. The summed E-state index contributed by atoms with van der Waals surface area (Å²) in [7, 11) is -3.69. The van der Waals surface area contributed by atoms with Gasteiger partial charge in [0.2, 0.25) is 21.8 Å². The van der Waals surface area contributed by atoms with E-state index in [9.17, 15) is 18.0 Å². The van der Waals surface area contributed by atoms with Crippen molar-refractivity contribution in [3.63, 3.8) is 0 Å². The number of sulfonamides is 1. The lowest BCUT2D eigenvalue weighted by Crippen LogP contribution is -2.50. The molecule has 4 rings (SSSR count). The number of hydrogen-bond donors (Lipinski definition) is 1. The molecule has 1 atom stereocenters. The molecule has 1 aliphatic heterocycles. The third kappa shape index (κ3) is 8.55. The fourth-order valence-corrected chi connectivity index (χ4v) is 6.37. The highest BCUT2D eigenvalue weighted by atomic mass is 35.5. The number of carbonyl (C=O) groups is 2. The fourth-order valence-electron chi connectivity index (χ4n) is 4.89. The minimum absolute atomic E-state index is 0.00390. The summed E-state index contributed by atoms with van der Waals surface area (Å²) in [6, 6.07) is 18.6. The molecule has 0 unspecified atom stereocenters. The highest BCUT2D eigenvalue weighted by Crippen LogP contribution is 2.35. The first-order chi connectivity index (χ1) is 20.6. The van der Waals surface area contributed by atoms with E-state index in [-0.39, 0.29) is 44.2 Å². The monoisotopic (exact) mass is 647 g/mol. The predicted octanol–water partition coefficient (Wildman–Crippen LogP) is 5.09. The molecule has 12 heteroatoms.